The van der Waals surface area contributed by atoms with Gasteiger partial charge >= 0.3 is 0 Å². The molecule has 0 atom stereocenters. The molecule has 0 aliphatic rings. The first-order chi connectivity index (χ1) is 21.3. The number of phenols is 1. The molecule has 0 bridgehead atoms. The smallest absolute Gasteiger partial charge is 0.118 e. The molecular weight excluding hydrogens is 560 g/mol. The lowest BCUT2D eigenvalue weighted by Gasteiger charge is -2.08. The highest BCUT2D eigenvalue weighted by molar-refractivity contribution is 5.31. The van der Waals surface area contributed by atoms with E-state index in [4.69, 9.17) is 48.1 Å². The van der Waals surface area contributed by atoms with E-state index >= 15 is 0 Å². The Morgan fingerprint density at radius 2 is 0.767 bits per heavy atom. The Bertz CT molecular complexity index is 625. The van der Waals surface area contributed by atoms with Crippen molar-refractivity contribution < 1.29 is 53.2 Å². The maximum Gasteiger partial charge on any atom is 0.118 e. The van der Waals surface area contributed by atoms with Crippen LogP contribution in [0.2, 0.25) is 0 Å². The molecule has 1 aromatic carbocycles. The molecule has 3 N–H and O–H groups in total. The Morgan fingerprint density at radius 3 is 1.12 bits per heavy atom. The molecule has 0 unspecified atom stereocenters. The van der Waals surface area contributed by atoms with Gasteiger partial charge in [-0.3, -0.25) is 0 Å². The predicted octanol–water partition coefficient (Wildman–Crippen LogP) is 3.40. The average molecular weight is 621 g/mol. The predicted molar refractivity (Wildman–Crippen MR) is 166 cm³/mol. The maximum atomic E-state index is 9.55. The van der Waals surface area contributed by atoms with Gasteiger partial charge in [-0.15, -0.1) is 0 Å². The number of aryl methyl sites for hydroxylation is 1. The van der Waals surface area contributed by atoms with Crippen molar-refractivity contribution in [1.29, 1.82) is 0 Å². The lowest BCUT2D eigenvalue weighted by Crippen LogP contribution is -2.15. The van der Waals surface area contributed by atoms with E-state index in [0.29, 0.717) is 111 Å². The lowest BCUT2D eigenvalue weighted by molar-refractivity contribution is -0.0244. The van der Waals surface area contributed by atoms with Gasteiger partial charge in [-0.2, -0.15) is 0 Å². The van der Waals surface area contributed by atoms with Crippen LogP contribution in [0.3, 0.4) is 0 Å². The summed E-state index contributed by atoms with van der Waals surface area (Å²) < 4.78 is 42.2. The first kappa shape index (κ1) is 41.6. The number of para-hydroxylation sites is 1. The molecule has 43 heavy (non-hydrogen) atoms. The fourth-order valence-corrected chi connectivity index (χ4v) is 3.59. The van der Waals surface area contributed by atoms with E-state index < -0.39 is 0 Å². The number of aliphatic hydroxyl groups excluding tert-OH is 2. The molecule has 254 valence electrons. The zero-order valence-corrected chi connectivity index (χ0v) is 26.6. The topological polar surface area (TPSA) is 135 Å². The number of aliphatic hydroxyl groups is 2. The van der Waals surface area contributed by atoms with Crippen LogP contribution in [-0.4, -0.2) is 134 Å². The van der Waals surface area contributed by atoms with Crippen molar-refractivity contribution in [2.24, 2.45) is 0 Å². The van der Waals surface area contributed by atoms with Crippen molar-refractivity contribution in [2.45, 2.75) is 51.9 Å². The molecule has 0 radical (unpaired) electrons. The summed E-state index contributed by atoms with van der Waals surface area (Å²) in [5, 5.41) is 26.6. The summed E-state index contributed by atoms with van der Waals surface area (Å²) in [5.41, 5.74) is 1.09. The Labute approximate surface area is 259 Å². The number of hydrogen-bond donors (Lipinski definition) is 3. The highest BCUT2D eigenvalue weighted by Crippen LogP contribution is 2.18. The lowest BCUT2D eigenvalue weighted by atomic mass is 10.0. The molecule has 1 aromatic rings. The number of hydrogen-bond acceptors (Lipinski definition) is 11. The van der Waals surface area contributed by atoms with Gasteiger partial charge in [0.15, 0.2) is 0 Å². The molecule has 11 heteroatoms. The third kappa shape index (κ3) is 33.4. The minimum atomic E-state index is 0.0294. The number of benzene rings is 1. The van der Waals surface area contributed by atoms with Gasteiger partial charge in [-0.25, -0.2) is 0 Å². The van der Waals surface area contributed by atoms with Crippen molar-refractivity contribution in [1.82, 2.24) is 0 Å². The first-order valence-electron chi connectivity index (χ1n) is 15.9. The van der Waals surface area contributed by atoms with E-state index in [0.717, 1.165) is 12.0 Å². The third-order valence-corrected chi connectivity index (χ3v) is 5.87. The fourth-order valence-electron chi connectivity index (χ4n) is 3.59. The second-order valence-electron chi connectivity index (χ2n) is 9.49. The first-order valence-corrected chi connectivity index (χ1v) is 15.9. The molecular formula is C32H60O11. The fraction of sp³-hybridized carbons (Fsp3) is 0.812. The zero-order valence-electron chi connectivity index (χ0n) is 26.6. The maximum absolute atomic E-state index is 9.55. The zero-order chi connectivity index (χ0) is 31.3. The molecule has 0 amide bonds. The van der Waals surface area contributed by atoms with Crippen LogP contribution in [-0.2, 0) is 44.3 Å². The minimum Gasteiger partial charge on any atom is -0.508 e. The molecule has 1 rings (SSSR count). The van der Waals surface area contributed by atoms with Crippen molar-refractivity contribution in [3.63, 3.8) is 0 Å². The van der Waals surface area contributed by atoms with Gasteiger partial charge in [0.2, 0.25) is 0 Å². The highest BCUT2D eigenvalue weighted by atomic mass is 16.6. The number of aromatic hydroxyl groups is 1. The molecule has 0 aliphatic carbocycles. The standard InChI is InChI=1S/C18H38O10.C14H22O/c19-1-3-21-5-7-23-9-11-25-13-15-27-17-18-28-16-14-26-12-10-24-8-6-22-4-2-20;1-2-3-4-5-6-7-10-13-11-8-9-12-14(13)15/h19-20H,1-18H2;8-9,11-12,15H,2-7,10H2,1H3. The van der Waals surface area contributed by atoms with Crippen LogP contribution < -0.4 is 0 Å². The van der Waals surface area contributed by atoms with Crippen LogP contribution in [0.25, 0.3) is 0 Å². The van der Waals surface area contributed by atoms with Gasteiger partial charge in [0.05, 0.1) is 119 Å². The van der Waals surface area contributed by atoms with Gasteiger partial charge in [0.1, 0.15) is 5.75 Å². The molecule has 0 fully saturated rings. The normalized spacial score (nSPS) is 11.0. The Kier molecular flexibility index (Phi) is 35.6. The van der Waals surface area contributed by atoms with Gasteiger partial charge in [0, 0.05) is 0 Å². The summed E-state index contributed by atoms with van der Waals surface area (Å²) in [6.07, 6.45) is 8.85. The second-order valence-corrected chi connectivity index (χ2v) is 9.49. The van der Waals surface area contributed by atoms with Crippen LogP contribution in [0.4, 0.5) is 0 Å². The molecule has 0 heterocycles. The second kappa shape index (κ2) is 36.8. The third-order valence-electron chi connectivity index (χ3n) is 5.87. The van der Waals surface area contributed by atoms with Crippen LogP contribution >= 0.6 is 0 Å². The molecule has 0 aliphatic heterocycles. The summed E-state index contributed by atoms with van der Waals surface area (Å²) in [4.78, 5) is 0. The molecule has 0 aromatic heterocycles. The van der Waals surface area contributed by atoms with Crippen LogP contribution in [0.15, 0.2) is 24.3 Å². The summed E-state index contributed by atoms with van der Waals surface area (Å²) >= 11 is 0. The Hall–Kier alpha value is -1.38. The quantitative estimate of drug-likeness (QED) is 0.102. The van der Waals surface area contributed by atoms with E-state index in [-0.39, 0.29) is 13.2 Å². The number of rotatable bonds is 32. The summed E-state index contributed by atoms with van der Waals surface area (Å²) in [7, 11) is 0. The highest BCUT2D eigenvalue weighted by Gasteiger charge is 1.99. The number of ether oxygens (including phenoxy) is 8. The van der Waals surface area contributed by atoms with Crippen LogP contribution in [0.5, 0.6) is 5.75 Å². The molecule has 0 spiro atoms. The van der Waals surface area contributed by atoms with Crippen molar-refractivity contribution in [3.05, 3.63) is 29.8 Å². The largest absolute Gasteiger partial charge is 0.508 e. The number of phenolic OH excluding ortho intramolecular Hbond substituents is 1. The van der Waals surface area contributed by atoms with Crippen LogP contribution in [0, 0.1) is 0 Å². The van der Waals surface area contributed by atoms with Gasteiger partial charge < -0.3 is 53.2 Å². The monoisotopic (exact) mass is 620 g/mol. The van der Waals surface area contributed by atoms with E-state index in [2.05, 4.69) is 6.92 Å². The van der Waals surface area contributed by atoms with Crippen molar-refractivity contribution in [3.8, 4) is 5.75 Å². The SMILES string of the molecule is CCCCCCCCc1ccccc1O.OCCOCCOCCOCCOCCOCCOCCOCCOCCO. The van der Waals surface area contributed by atoms with Crippen LogP contribution in [0.1, 0.15) is 51.0 Å². The van der Waals surface area contributed by atoms with Crippen molar-refractivity contribution >= 4 is 0 Å². The van der Waals surface area contributed by atoms with E-state index in [1.165, 1.54) is 38.5 Å². The Balaban J connectivity index is 0.000000981. The van der Waals surface area contributed by atoms with Gasteiger partial charge in [-0.1, -0.05) is 57.2 Å². The molecule has 11 nitrogen and oxygen atoms in total. The van der Waals surface area contributed by atoms with E-state index in [9.17, 15) is 5.11 Å². The average Bonchev–Trinajstić information content (AvgIpc) is 3.02. The number of unbranched alkanes of at least 4 members (excludes halogenated alkanes) is 5. The van der Waals surface area contributed by atoms with Gasteiger partial charge in [-0.05, 0) is 24.5 Å². The van der Waals surface area contributed by atoms with E-state index in [1.54, 1.807) is 6.07 Å². The molecule has 0 saturated heterocycles. The van der Waals surface area contributed by atoms with Crippen molar-refractivity contribution in [2.75, 3.05) is 119 Å². The molecule has 0 saturated carbocycles. The summed E-state index contributed by atoms with van der Waals surface area (Å²) in [5.74, 6) is 0.450. The van der Waals surface area contributed by atoms with Gasteiger partial charge in [0.25, 0.3) is 0 Å². The summed E-state index contributed by atoms with van der Waals surface area (Å²) in [6.45, 7) is 10.0. The Morgan fingerprint density at radius 1 is 0.442 bits per heavy atom. The minimum absolute atomic E-state index is 0.0294. The summed E-state index contributed by atoms with van der Waals surface area (Å²) in [6, 6.07) is 7.65. The van der Waals surface area contributed by atoms with E-state index in [1.807, 2.05) is 18.2 Å².